The van der Waals surface area contributed by atoms with E-state index < -0.39 is 5.54 Å². The molecule has 148 valence electrons. The van der Waals surface area contributed by atoms with Crippen LogP contribution in [0.3, 0.4) is 0 Å². The highest BCUT2D eigenvalue weighted by Gasteiger charge is 2.22. The first-order chi connectivity index (χ1) is 12.5. The molecule has 1 N–H and O–H groups in total. The first kappa shape index (κ1) is 20.8. The first-order valence-corrected chi connectivity index (χ1v) is 9.21. The van der Waals surface area contributed by atoms with Crippen LogP contribution in [0.4, 0.5) is 0 Å². The van der Waals surface area contributed by atoms with Crippen LogP contribution in [-0.4, -0.2) is 29.7 Å². The summed E-state index contributed by atoms with van der Waals surface area (Å²) in [6.45, 7) is 10.4. The van der Waals surface area contributed by atoms with Gasteiger partial charge in [0.2, 0.25) is 0 Å². The van der Waals surface area contributed by atoms with Gasteiger partial charge in [0.25, 0.3) is 11.5 Å². The molecule has 1 aromatic heterocycles. The highest BCUT2D eigenvalue weighted by molar-refractivity contribution is 5.99. The van der Waals surface area contributed by atoms with Gasteiger partial charge in [-0.2, -0.15) is 0 Å². The lowest BCUT2D eigenvalue weighted by molar-refractivity contribution is 0.0917. The van der Waals surface area contributed by atoms with Gasteiger partial charge in [0.15, 0.2) is 11.5 Å². The van der Waals surface area contributed by atoms with Crippen molar-refractivity contribution in [2.45, 2.75) is 46.6 Å². The average Bonchev–Trinajstić information content (AvgIpc) is 2.55. The zero-order chi connectivity index (χ0) is 20.4. The van der Waals surface area contributed by atoms with Crippen molar-refractivity contribution in [2.24, 2.45) is 13.0 Å². The molecule has 6 nitrogen and oxygen atoms in total. The van der Waals surface area contributed by atoms with Gasteiger partial charge in [-0.05, 0) is 51.3 Å². The summed E-state index contributed by atoms with van der Waals surface area (Å²) in [6, 6.07) is 5.24. The van der Waals surface area contributed by atoms with Crippen LogP contribution >= 0.6 is 0 Å². The van der Waals surface area contributed by atoms with E-state index in [9.17, 15) is 9.59 Å². The number of fused-ring (bicyclic) bond motifs is 1. The lowest BCUT2D eigenvalue weighted by Gasteiger charge is -2.21. The molecule has 0 atom stereocenters. The summed E-state index contributed by atoms with van der Waals surface area (Å²) < 4.78 is 12.9. The Kier molecular flexibility index (Phi) is 6.19. The van der Waals surface area contributed by atoms with E-state index in [0.29, 0.717) is 29.5 Å². The molecule has 2 rings (SSSR count). The summed E-state index contributed by atoms with van der Waals surface area (Å²) in [5.74, 6) is 1.21. The number of methoxy groups -OCH3 is 1. The van der Waals surface area contributed by atoms with Crippen molar-refractivity contribution < 1.29 is 14.3 Å². The monoisotopic (exact) mass is 374 g/mol. The number of nitrogens with one attached hydrogen (secondary N) is 1. The maximum Gasteiger partial charge on any atom is 0.263 e. The molecule has 0 fully saturated rings. The predicted molar refractivity (Wildman–Crippen MR) is 108 cm³/mol. The summed E-state index contributed by atoms with van der Waals surface area (Å²) in [4.78, 5) is 25.4. The zero-order valence-electron chi connectivity index (χ0n) is 17.3. The number of carbonyl (C=O) groups is 1. The van der Waals surface area contributed by atoms with Crippen molar-refractivity contribution in [2.75, 3.05) is 13.7 Å². The highest BCUT2D eigenvalue weighted by Crippen LogP contribution is 2.35. The third-order valence-corrected chi connectivity index (χ3v) is 4.19. The lowest BCUT2D eigenvalue weighted by atomic mass is 10.1. The van der Waals surface area contributed by atoms with Crippen LogP contribution in [0.1, 0.15) is 51.4 Å². The van der Waals surface area contributed by atoms with E-state index in [-0.39, 0.29) is 17.0 Å². The fourth-order valence-electron chi connectivity index (χ4n) is 2.80. The number of benzene rings is 1. The van der Waals surface area contributed by atoms with Crippen molar-refractivity contribution in [3.8, 4) is 11.5 Å². The molecule has 1 amide bonds. The fourth-order valence-corrected chi connectivity index (χ4v) is 2.80. The van der Waals surface area contributed by atoms with Crippen molar-refractivity contribution in [3.05, 3.63) is 34.1 Å². The number of nitrogens with zero attached hydrogens (tertiary/aromatic N) is 1. The number of pyridine rings is 1. The minimum Gasteiger partial charge on any atom is -0.493 e. The predicted octanol–water partition coefficient (Wildman–Crippen LogP) is 3.50. The Morgan fingerprint density at radius 3 is 2.48 bits per heavy atom. The normalized spacial score (nSPS) is 11.7. The number of amides is 1. The second-order valence-electron chi connectivity index (χ2n) is 8.19. The van der Waals surface area contributed by atoms with E-state index in [1.54, 1.807) is 26.3 Å². The molecule has 27 heavy (non-hydrogen) atoms. The molecule has 0 aliphatic rings. The Morgan fingerprint density at radius 2 is 1.93 bits per heavy atom. The lowest BCUT2D eigenvalue weighted by Crippen LogP contribution is -2.43. The maximum absolute atomic E-state index is 12.8. The van der Waals surface area contributed by atoms with Gasteiger partial charge in [0.1, 0.15) is 5.56 Å². The highest BCUT2D eigenvalue weighted by atomic mass is 16.5. The number of carbonyl (C=O) groups excluding carboxylic acids is 1. The molecule has 0 spiro atoms. The minimum absolute atomic E-state index is 0.109. The molecule has 0 aliphatic carbocycles. The van der Waals surface area contributed by atoms with Gasteiger partial charge in [0, 0.05) is 18.0 Å². The van der Waals surface area contributed by atoms with Crippen LogP contribution < -0.4 is 20.3 Å². The molecule has 6 heteroatoms. The van der Waals surface area contributed by atoms with Crippen LogP contribution in [0.15, 0.2) is 23.0 Å². The van der Waals surface area contributed by atoms with Crippen LogP contribution in [-0.2, 0) is 7.05 Å². The molecule has 0 bridgehead atoms. The Labute approximate surface area is 160 Å². The summed E-state index contributed by atoms with van der Waals surface area (Å²) in [5.41, 5.74) is -0.0675. The zero-order valence-corrected chi connectivity index (χ0v) is 17.3. The van der Waals surface area contributed by atoms with E-state index in [1.165, 1.54) is 4.57 Å². The quantitative estimate of drug-likeness (QED) is 0.840. The first-order valence-electron chi connectivity index (χ1n) is 9.21. The van der Waals surface area contributed by atoms with E-state index in [0.717, 1.165) is 11.8 Å². The minimum atomic E-state index is -0.428. The summed E-state index contributed by atoms with van der Waals surface area (Å²) in [5, 5.41) is 3.59. The van der Waals surface area contributed by atoms with Gasteiger partial charge in [-0.25, -0.2) is 0 Å². The largest absolute Gasteiger partial charge is 0.493 e. The Bertz CT molecular complexity index is 892. The molecule has 2 aromatic rings. The molecular weight excluding hydrogens is 344 g/mol. The smallest absolute Gasteiger partial charge is 0.263 e. The topological polar surface area (TPSA) is 69.6 Å². The second kappa shape index (κ2) is 8.03. The molecule has 0 saturated carbocycles. The Balaban J connectivity index is 2.58. The molecule has 1 heterocycles. The Morgan fingerprint density at radius 1 is 1.26 bits per heavy atom. The van der Waals surface area contributed by atoms with Gasteiger partial charge in [0.05, 0.1) is 19.2 Å². The number of hydrogen-bond donors (Lipinski definition) is 1. The van der Waals surface area contributed by atoms with Gasteiger partial charge in [-0.15, -0.1) is 0 Å². The number of hydrogen-bond acceptors (Lipinski definition) is 4. The van der Waals surface area contributed by atoms with Crippen LogP contribution in [0.5, 0.6) is 11.5 Å². The van der Waals surface area contributed by atoms with Gasteiger partial charge >= 0.3 is 0 Å². The molecule has 1 aromatic carbocycles. The van der Waals surface area contributed by atoms with E-state index >= 15 is 0 Å². The number of rotatable bonds is 6. The van der Waals surface area contributed by atoms with Crippen LogP contribution in [0, 0.1) is 5.92 Å². The van der Waals surface area contributed by atoms with Crippen molar-refractivity contribution in [3.63, 3.8) is 0 Å². The van der Waals surface area contributed by atoms with E-state index in [1.807, 2.05) is 26.8 Å². The standard InChI is InChI=1S/C21H30N2O4/c1-13(2)10-11-27-18-16(26-7)9-8-14-12-15(19(24)22-21(3,4)5)20(25)23(6)17(14)18/h8-9,12-13H,10-11H2,1-7H3,(H,22,24). The van der Waals surface area contributed by atoms with Crippen LogP contribution in [0.2, 0.25) is 0 Å². The second-order valence-corrected chi connectivity index (χ2v) is 8.19. The Hall–Kier alpha value is -2.50. The SMILES string of the molecule is COc1ccc2cc(C(=O)NC(C)(C)C)c(=O)n(C)c2c1OCCC(C)C. The van der Waals surface area contributed by atoms with Crippen molar-refractivity contribution in [1.29, 1.82) is 0 Å². The van der Waals surface area contributed by atoms with Crippen molar-refractivity contribution in [1.82, 2.24) is 9.88 Å². The fraction of sp³-hybridized carbons (Fsp3) is 0.524. The molecule has 0 unspecified atom stereocenters. The molecule has 0 saturated heterocycles. The van der Waals surface area contributed by atoms with E-state index in [2.05, 4.69) is 19.2 Å². The van der Waals surface area contributed by atoms with Gasteiger partial charge < -0.3 is 19.4 Å². The number of aromatic nitrogens is 1. The molecular formula is C21H30N2O4. The number of aryl methyl sites for hydroxylation is 1. The van der Waals surface area contributed by atoms with Crippen LogP contribution in [0.25, 0.3) is 10.9 Å². The third-order valence-electron chi connectivity index (χ3n) is 4.19. The maximum atomic E-state index is 12.8. The summed E-state index contributed by atoms with van der Waals surface area (Å²) >= 11 is 0. The average molecular weight is 374 g/mol. The van der Waals surface area contributed by atoms with Gasteiger partial charge in [-0.3, -0.25) is 9.59 Å². The number of ether oxygens (including phenoxy) is 2. The van der Waals surface area contributed by atoms with E-state index in [4.69, 9.17) is 9.47 Å². The van der Waals surface area contributed by atoms with Crippen molar-refractivity contribution >= 4 is 16.8 Å². The molecule has 0 radical (unpaired) electrons. The summed E-state index contributed by atoms with van der Waals surface area (Å²) in [7, 11) is 3.22. The third kappa shape index (κ3) is 4.81. The summed E-state index contributed by atoms with van der Waals surface area (Å²) in [6.07, 6.45) is 0.888. The van der Waals surface area contributed by atoms with Gasteiger partial charge in [-0.1, -0.05) is 13.8 Å². The molecule has 0 aliphatic heterocycles.